The van der Waals surface area contributed by atoms with Crippen molar-refractivity contribution in [2.45, 2.75) is 39.9 Å². The number of hydrogen-bond donors (Lipinski definition) is 0. The van der Waals surface area contributed by atoms with E-state index < -0.39 is 23.7 Å². The number of fused-ring (bicyclic) bond motifs is 1. The van der Waals surface area contributed by atoms with Crippen molar-refractivity contribution in [1.29, 1.82) is 0 Å². The van der Waals surface area contributed by atoms with Crippen LogP contribution in [0.1, 0.15) is 37.5 Å². The number of allylic oxidation sites excluding steroid dienone is 1. The number of carbonyl (C=O) groups excluding carboxylic acids is 3. The Kier molecular flexibility index (Phi) is 9.09. The summed E-state index contributed by atoms with van der Waals surface area (Å²) in [4.78, 5) is 38.6. The summed E-state index contributed by atoms with van der Waals surface area (Å²) in [6, 6.07) is 17.9. The van der Waals surface area contributed by atoms with E-state index in [2.05, 4.69) is 24.8 Å². The fourth-order valence-electron chi connectivity index (χ4n) is 4.29. The number of carbonyl (C=O) groups is 3. The Morgan fingerprint density at radius 2 is 1.82 bits per heavy atom. The molecular weight excluding hydrogens is 514 g/mol. The lowest BCUT2D eigenvalue weighted by Crippen LogP contribution is -2.35. The van der Waals surface area contributed by atoms with Crippen LogP contribution in [0.4, 0.5) is 4.79 Å². The van der Waals surface area contributed by atoms with Crippen molar-refractivity contribution in [2.75, 3.05) is 13.2 Å². The topological polar surface area (TPSA) is 82.1 Å². The van der Waals surface area contributed by atoms with Crippen molar-refractivity contribution in [2.24, 2.45) is 0 Å². The van der Waals surface area contributed by atoms with Gasteiger partial charge in [0.15, 0.2) is 11.5 Å². The highest BCUT2D eigenvalue weighted by atomic mass is 32.2. The third kappa shape index (κ3) is 6.70. The fraction of sp³-hybridized carbons (Fsp3) is 0.258. The van der Waals surface area contributed by atoms with Crippen LogP contribution in [0.3, 0.4) is 0 Å². The van der Waals surface area contributed by atoms with E-state index in [-0.39, 0.29) is 11.0 Å². The molecule has 39 heavy (non-hydrogen) atoms. The van der Waals surface area contributed by atoms with Crippen molar-refractivity contribution < 1.29 is 28.6 Å². The lowest BCUT2D eigenvalue weighted by Gasteiger charge is -2.17. The Morgan fingerprint density at radius 1 is 1.05 bits per heavy atom. The normalized spacial score (nSPS) is 14.4. The van der Waals surface area contributed by atoms with Crippen LogP contribution in [0.25, 0.3) is 16.8 Å². The van der Waals surface area contributed by atoms with E-state index in [1.54, 1.807) is 32.1 Å². The fourth-order valence-corrected chi connectivity index (χ4v) is 5.12. The van der Waals surface area contributed by atoms with Crippen molar-refractivity contribution in [3.63, 3.8) is 0 Å². The predicted molar refractivity (Wildman–Crippen MR) is 154 cm³/mol. The number of rotatable bonds is 11. The van der Waals surface area contributed by atoms with Gasteiger partial charge in [0, 0.05) is 5.56 Å². The molecule has 202 valence electrons. The molecule has 2 amide bonds. The zero-order valence-electron chi connectivity index (χ0n) is 22.3. The van der Waals surface area contributed by atoms with E-state index in [1.165, 1.54) is 0 Å². The number of esters is 1. The molecule has 0 N–H and O–H groups in total. The third-order valence-electron chi connectivity index (χ3n) is 5.90. The van der Waals surface area contributed by atoms with Crippen LogP contribution in [0, 0.1) is 0 Å². The summed E-state index contributed by atoms with van der Waals surface area (Å²) < 4.78 is 17.4. The first-order valence-corrected chi connectivity index (χ1v) is 13.6. The van der Waals surface area contributed by atoms with Gasteiger partial charge in [0.25, 0.3) is 11.1 Å². The quantitative estimate of drug-likeness (QED) is 0.154. The molecule has 0 atom stereocenters. The Hall–Kier alpha value is -4.04. The molecule has 8 heteroatoms. The second kappa shape index (κ2) is 12.7. The molecule has 1 aliphatic heterocycles. The minimum Gasteiger partial charge on any atom is -0.490 e. The molecule has 0 bridgehead atoms. The van der Waals surface area contributed by atoms with E-state index in [9.17, 15) is 14.4 Å². The van der Waals surface area contributed by atoms with Gasteiger partial charge in [-0.25, -0.2) is 0 Å². The van der Waals surface area contributed by atoms with Crippen LogP contribution in [0.2, 0.25) is 0 Å². The number of thioether (sulfide) groups is 1. The molecule has 1 fully saturated rings. The van der Waals surface area contributed by atoms with Gasteiger partial charge in [-0.1, -0.05) is 48.5 Å². The summed E-state index contributed by atoms with van der Waals surface area (Å²) in [5.41, 5.74) is 2.55. The lowest BCUT2D eigenvalue weighted by atomic mass is 10.0. The van der Waals surface area contributed by atoms with Gasteiger partial charge < -0.3 is 14.2 Å². The van der Waals surface area contributed by atoms with Crippen LogP contribution in [-0.2, 0) is 27.4 Å². The maximum Gasteiger partial charge on any atom is 0.326 e. The van der Waals surface area contributed by atoms with E-state index in [4.69, 9.17) is 14.2 Å². The highest BCUT2D eigenvalue weighted by Gasteiger charge is 2.37. The summed E-state index contributed by atoms with van der Waals surface area (Å²) in [7, 11) is 0. The maximum atomic E-state index is 12.9. The van der Waals surface area contributed by atoms with Gasteiger partial charge >= 0.3 is 5.97 Å². The Balaban J connectivity index is 1.62. The first-order chi connectivity index (χ1) is 18.8. The molecular formula is C31H31NO6S. The van der Waals surface area contributed by atoms with E-state index >= 15 is 0 Å². The van der Waals surface area contributed by atoms with Gasteiger partial charge in [-0.3, -0.25) is 19.3 Å². The van der Waals surface area contributed by atoms with Crippen LogP contribution in [0.15, 0.2) is 72.2 Å². The van der Waals surface area contributed by atoms with Gasteiger partial charge in [0.1, 0.15) is 13.2 Å². The smallest absolute Gasteiger partial charge is 0.326 e. The molecule has 7 nitrogen and oxygen atoms in total. The number of imide groups is 1. The summed E-state index contributed by atoms with van der Waals surface area (Å²) >= 11 is 0.787. The van der Waals surface area contributed by atoms with Crippen LogP contribution in [0.5, 0.6) is 11.5 Å². The second-order valence-electron chi connectivity index (χ2n) is 9.17. The Labute approximate surface area is 232 Å². The zero-order chi connectivity index (χ0) is 27.9. The van der Waals surface area contributed by atoms with Gasteiger partial charge in [-0.2, -0.15) is 0 Å². The molecule has 4 rings (SSSR count). The average Bonchev–Trinajstić information content (AvgIpc) is 3.15. The van der Waals surface area contributed by atoms with Gasteiger partial charge in [-0.05, 0) is 79.1 Å². The molecule has 3 aromatic carbocycles. The van der Waals surface area contributed by atoms with E-state index in [0.717, 1.165) is 38.6 Å². The van der Waals surface area contributed by atoms with Crippen LogP contribution in [-0.4, -0.2) is 41.3 Å². The molecule has 0 aliphatic carbocycles. The molecule has 3 aromatic rings. The predicted octanol–water partition coefficient (Wildman–Crippen LogP) is 6.53. The maximum absolute atomic E-state index is 12.9. The summed E-state index contributed by atoms with van der Waals surface area (Å²) in [5.74, 6) is -0.0344. The average molecular weight is 546 g/mol. The monoisotopic (exact) mass is 545 g/mol. The molecule has 0 radical (unpaired) electrons. The first-order valence-electron chi connectivity index (χ1n) is 12.8. The molecule has 1 saturated heterocycles. The molecule has 1 aliphatic rings. The molecule has 1 heterocycles. The van der Waals surface area contributed by atoms with Crippen molar-refractivity contribution >= 4 is 45.7 Å². The number of ether oxygens (including phenoxy) is 3. The number of amides is 2. The van der Waals surface area contributed by atoms with Crippen molar-refractivity contribution in [3.8, 4) is 11.5 Å². The molecule has 0 saturated carbocycles. The lowest BCUT2D eigenvalue weighted by molar-refractivity contribution is -0.149. The van der Waals surface area contributed by atoms with Gasteiger partial charge in [0.05, 0.1) is 17.6 Å². The number of nitrogens with zero attached hydrogens (tertiary/aromatic N) is 1. The molecule has 0 aromatic heterocycles. The minimum atomic E-state index is -0.631. The van der Waals surface area contributed by atoms with E-state index in [0.29, 0.717) is 36.7 Å². The minimum absolute atomic E-state index is 0.216. The van der Waals surface area contributed by atoms with Crippen molar-refractivity contribution in [3.05, 3.63) is 88.8 Å². The SMILES string of the molecule is C=CCc1cc(/C=C2/SC(=O)N(CC(=O)OC(C)C)C2=O)cc(OCC)c1OCc1cccc2ccccc12. The van der Waals surface area contributed by atoms with Crippen LogP contribution >= 0.6 is 11.8 Å². The summed E-state index contributed by atoms with van der Waals surface area (Å²) in [6.07, 6.45) is 3.57. The first kappa shape index (κ1) is 28.0. The summed E-state index contributed by atoms with van der Waals surface area (Å²) in [6.45, 7) is 9.51. The van der Waals surface area contributed by atoms with Gasteiger partial charge in [-0.15, -0.1) is 6.58 Å². The zero-order valence-corrected chi connectivity index (χ0v) is 23.1. The number of benzene rings is 3. The molecule has 0 spiro atoms. The largest absolute Gasteiger partial charge is 0.490 e. The second-order valence-corrected chi connectivity index (χ2v) is 10.2. The highest BCUT2D eigenvalue weighted by Crippen LogP contribution is 2.38. The third-order valence-corrected chi connectivity index (χ3v) is 6.80. The highest BCUT2D eigenvalue weighted by molar-refractivity contribution is 8.18. The Morgan fingerprint density at radius 3 is 2.56 bits per heavy atom. The summed E-state index contributed by atoms with van der Waals surface area (Å²) in [5, 5.41) is 1.74. The standard InChI is InChI=1S/C31H31NO6S/c1-5-10-23-15-21(17-27-30(34)32(31(35)39-27)18-28(33)38-20(3)4)16-26(36-6-2)29(23)37-19-24-13-9-12-22-11-7-8-14-25(22)24/h5,7-9,11-17,20H,1,6,10,18-19H2,2-4H3/b27-17+. The van der Waals surface area contributed by atoms with Crippen molar-refractivity contribution in [1.82, 2.24) is 4.90 Å². The Bertz CT molecular complexity index is 1440. The number of hydrogen-bond acceptors (Lipinski definition) is 7. The molecule has 0 unspecified atom stereocenters. The van der Waals surface area contributed by atoms with Gasteiger partial charge in [0.2, 0.25) is 0 Å². The van der Waals surface area contributed by atoms with Crippen LogP contribution < -0.4 is 9.47 Å². The van der Waals surface area contributed by atoms with E-state index in [1.807, 2.05) is 37.3 Å².